The predicted octanol–water partition coefficient (Wildman–Crippen LogP) is 5.71. The topological polar surface area (TPSA) is 124 Å². The van der Waals surface area contributed by atoms with Gasteiger partial charge in [0, 0.05) is 28.6 Å². The number of rotatable bonds is 9. The van der Waals surface area contributed by atoms with Crippen molar-refractivity contribution < 1.29 is 21.9 Å². The Kier molecular flexibility index (Phi) is 6.74. The van der Waals surface area contributed by atoms with E-state index in [4.69, 9.17) is 15.6 Å². The molecule has 3 heterocycles. The van der Waals surface area contributed by atoms with E-state index in [1.54, 1.807) is 18.3 Å². The molecule has 220 valence electrons. The fraction of sp³-hybridized carbons (Fsp3) is 0.226. The molecule has 4 N–H and O–H groups in total. The van der Waals surface area contributed by atoms with Gasteiger partial charge in [-0.3, -0.25) is 9.40 Å². The van der Waals surface area contributed by atoms with E-state index < -0.39 is 27.4 Å². The summed E-state index contributed by atoms with van der Waals surface area (Å²) in [5, 5.41) is 8.91. The Labute approximate surface area is 246 Å². The van der Waals surface area contributed by atoms with Crippen molar-refractivity contribution in [1.29, 1.82) is 0 Å². The zero-order valence-electron chi connectivity index (χ0n) is 22.9. The van der Waals surface area contributed by atoms with Gasteiger partial charge in [-0.2, -0.15) is 5.10 Å². The summed E-state index contributed by atoms with van der Waals surface area (Å²) < 4.78 is 64.2. The highest BCUT2D eigenvalue weighted by Gasteiger charge is 2.31. The number of hydrogen-bond acceptors (Lipinski definition) is 7. The standard InChI is InChI=1S/C31H28F2N6O3S/c32-25-4-2-1-3-20(25)17-43(40,41)38-27-12-7-19(13-26(27)33)29-28-30(39(37-29)23-10-11-23)24(14-35-31(28)34)18-5-8-21(9-6-18)36-22-15-42-16-22/h1-9,12-14,22-23,36,38H,10-11,15-17H2,(H2,34,35). The Hall–Kier alpha value is -4.55. The van der Waals surface area contributed by atoms with Gasteiger partial charge in [0.05, 0.1) is 47.6 Å². The lowest BCUT2D eigenvalue weighted by atomic mass is 10.0. The van der Waals surface area contributed by atoms with E-state index in [9.17, 15) is 12.8 Å². The summed E-state index contributed by atoms with van der Waals surface area (Å²) in [4.78, 5) is 4.47. The van der Waals surface area contributed by atoms with Crippen LogP contribution in [-0.4, -0.2) is 42.4 Å². The fourth-order valence-electron chi connectivity index (χ4n) is 5.26. The van der Waals surface area contributed by atoms with E-state index in [0.29, 0.717) is 35.9 Å². The van der Waals surface area contributed by atoms with Crippen molar-refractivity contribution >= 4 is 38.1 Å². The second-order valence-corrected chi connectivity index (χ2v) is 12.6. The maximum absolute atomic E-state index is 15.4. The number of benzene rings is 3. The Morgan fingerprint density at radius 1 is 0.977 bits per heavy atom. The van der Waals surface area contributed by atoms with Crippen LogP contribution in [0.4, 0.5) is 26.0 Å². The number of ether oxygens (including phenoxy) is 1. The summed E-state index contributed by atoms with van der Waals surface area (Å²) >= 11 is 0. The van der Waals surface area contributed by atoms with Crippen LogP contribution in [-0.2, 0) is 20.5 Å². The van der Waals surface area contributed by atoms with Gasteiger partial charge in [0.25, 0.3) is 0 Å². The minimum absolute atomic E-state index is 0.0123. The maximum Gasteiger partial charge on any atom is 0.237 e. The molecule has 0 radical (unpaired) electrons. The monoisotopic (exact) mass is 602 g/mol. The summed E-state index contributed by atoms with van der Waals surface area (Å²) in [5.74, 6) is -1.82. The minimum Gasteiger partial charge on any atom is -0.383 e. The van der Waals surface area contributed by atoms with Gasteiger partial charge in [0.2, 0.25) is 10.0 Å². The highest BCUT2D eigenvalue weighted by molar-refractivity contribution is 7.91. The molecule has 0 atom stereocenters. The van der Waals surface area contributed by atoms with Crippen molar-refractivity contribution in [1.82, 2.24) is 14.8 Å². The molecule has 0 unspecified atom stereocenters. The lowest BCUT2D eigenvalue weighted by molar-refractivity contribution is 0.0211. The van der Waals surface area contributed by atoms with Gasteiger partial charge < -0.3 is 15.8 Å². The normalized spacial score (nSPS) is 15.4. The second kappa shape index (κ2) is 10.6. The van der Waals surface area contributed by atoms with Crippen LogP contribution in [0, 0.1) is 11.6 Å². The number of nitrogens with two attached hydrogens (primary N) is 1. The molecule has 43 heavy (non-hydrogen) atoms. The van der Waals surface area contributed by atoms with Crippen molar-refractivity contribution in [3.8, 4) is 22.4 Å². The highest BCUT2D eigenvalue weighted by Crippen LogP contribution is 2.44. The average Bonchev–Trinajstić information content (AvgIpc) is 3.73. The number of hydrogen-bond donors (Lipinski definition) is 3. The number of nitrogens with one attached hydrogen (secondary N) is 2. The second-order valence-electron chi connectivity index (χ2n) is 10.9. The first kappa shape index (κ1) is 27.3. The van der Waals surface area contributed by atoms with Crippen molar-refractivity contribution in [2.45, 2.75) is 30.7 Å². The summed E-state index contributed by atoms with van der Waals surface area (Å²) in [5.41, 5.74) is 10.6. The van der Waals surface area contributed by atoms with Crippen LogP contribution >= 0.6 is 0 Å². The first-order valence-electron chi connectivity index (χ1n) is 13.9. The highest BCUT2D eigenvalue weighted by atomic mass is 32.2. The predicted molar refractivity (Wildman–Crippen MR) is 162 cm³/mol. The summed E-state index contributed by atoms with van der Waals surface area (Å²) in [6.07, 6.45) is 3.65. The molecule has 9 nitrogen and oxygen atoms in total. The SMILES string of the molecule is Nc1ncc(-c2ccc(NC3COC3)cc2)c2c1c(-c1ccc(NS(=O)(=O)Cc3ccccc3F)c(F)c1)nn2C1CC1. The molecule has 1 saturated carbocycles. The van der Waals surface area contributed by atoms with Crippen molar-refractivity contribution in [3.05, 3.63) is 90.1 Å². The number of nitrogens with zero attached hydrogens (tertiary/aromatic N) is 3. The molecule has 12 heteroatoms. The maximum atomic E-state index is 15.4. The van der Waals surface area contributed by atoms with Crippen molar-refractivity contribution in [3.63, 3.8) is 0 Å². The largest absolute Gasteiger partial charge is 0.383 e. The zero-order chi connectivity index (χ0) is 29.7. The van der Waals surface area contributed by atoms with E-state index in [2.05, 4.69) is 15.0 Å². The number of aromatic nitrogens is 3. The van der Waals surface area contributed by atoms with Crippen LogP contribution in [0.2, 0.25) is 0 Å². The van der Waals surface area contributed by atoms with E-state index >= 15 is 4.39 Å². The molecule has 1 aliphatic carbocycles. The van der Waals surface area contributed by atoms with Crippen LogP contribution in [0.3, 0.4) is 0 Å². The van der Waals surface area contributed by atoms with Gasteiger partial charge >= 0.3 is 0 Å². The third-order valence-corrected chi connectivity index (χ3v) is 8.89. The molecule has 1 saturated heterocycles. The van der Waals surface area contributed by atoms with Gasteiger partial charge in [0.1, 0.15) is 23.1 Å². The third kappa shape index (κ3) is 5.39. The lowest BCUT2D eigenvalue weighted by Crippen LogP contribution is -2.40. The Balaban J connectivity index is 1.23. The number of anilines is 3. The van der Waals surface area contributed by atoms with E-state index in [1.807, 2.05) is 28.9 Å². The quantitative estimate of drug-likeness (QED) is 0.197. The van der Waals surface area contributed by atoms with Crippen molar-refractivity contribution in [2.75, 3.05) is 29.0 Å². The van der Waals surface area contributed by atoms with Crippen molar-refractivity contribution in [2.24, 2.45) is 0 Å². The average molecular weight is 603 g/mol. The van der Waals surface area contributed by atoms with Crippen LogP contribution in [0.5, 0.6) is 0 Å². The van der Waals surface area contributed by atoms with E-state index in [1.165, 1.54) is 30.3 Å². The number of pyridine rings is 1. The van der Waals surface area contributed by atoms with Gasteiger partial charge in [0.15, 0.2) is 0 Å². The number of sulfonamides is 1. The molecule has 0 spiro atoms. The number of fused-ring (bicyclic) bond motifs is 1. The van der Waals surface area contributed by atoms with Gasteiger partial charge in [-0.15, -0.1) is 0 Å². The summed E-state index contributed by atoms with van der Waals surface area (Å²) in [6, 6.07) is 18.2. The molecule has 2 aliphatic rings. The number of halogens is 2. The minimum atomic E-state index is -4.09. The molecular weight excluding hydrogens is 574 g/mol. The smallest absolute Gasteiger partial charge is 0.237 e. The Morgan fingerprint density at radius 2 is 1.72 bits per heavy atom. The molecule has 3 aromatic carbocycles. The summed E-state index contributed by atoms with van der Waals surface area (Å²) in [7, 11) is -4.09. The molecule has 0 amide bonds. The molecule has 7 rings (SSSR count). The molecule has 2 aromatic heterocycles. The van der Waals surface area contributed by atoms with Crippen LogP contribution in [0.1, 0.15) is 24.4 Å². The van der Waals surface area contributed by atoms with Gasteiger partial charge in [-0.05, 0) is 48.7 Å². The van der Waals surface area contributed by atoms with Crippen LogP contribution < -0.4 is 15.8 Å². The lowest BCUT2D eigenvalue weighted by Gasteiger charge is -2.27. The first-order chi connectivity index (χ1) is 20.8. The van der Waals surface area contributed by atoms with Crippen LogP contribution in [0.25, 0.3) is 33.3 Å². The molecule has 5 aromatic rings. The van der Waals surface area contributed by atoms with Gasteiger partial charge in [-0.1, -0.05) is 36.4 Å². The molecule has 1 aliphatic heterocycles. The fourth-order valence-corrected chi connectivity index (χ4v) is 6.48. The van der Waals surface area contributed by atoms with Crippen LogP contribution in [0.15, 0.2) is 72.9 Å². The Bertz CT molecular complexity index is 1960. The van der Waals surface area contributed by atoms with E-state index in [-0.39, 0.29) is 23.1 Å². The molecular formula is C31H28F2N6O3S. The Morgan fingerprint density at radius 3 is 2.40 bits per heavy atom. The number of nitrogen functional groups attached to an aromatic ring is 1. The summed E-state index contributed by atoms with van der Waals surface area (Å²) in [6.45, 7) is 1.38. The molecule has 0 bridgehead atoms. The molecule has 2 fully saturated rings. The van der Waals surface area contributed by atoms with Gasteiger partial charge in [-0.25, -0.2) is 22.2 Å². The van der Waals surface area contributed by atoms with E-state index in [0.717, 1.165) is 35.2 Å². The first-order valence-corrected chi connectivity index (χ1v) is 15.6. The third-order valence-electron chi connectivity index (χ3n) is 7.66. The zero-order valence-corrected chi connectivity index (χ0v) is 23.7.